The standard InChI is InChI=1S/C35H46ClN3O8S2/c1-24-9-14-31(15-10-24)49(44,45)38(5)22-34-25(2)21-39(26(3)23-40)35(41)32-20-29(37-48(42,43)30-16-11-28(36)12-17-30)13-18-33(32)47-27(4)8-6-7-19-46-34/h9-18,20,25-27,34,37,40H,6-8,19,21-23H2,1-5H3/t25-,26+,27-,34-/m0/s1. The first-order valence-corrected chi connectivity index (χ1v) is 19.6. The van der Waals surface area contributed by atoms with Gasteiger partial charge in [0.1, 0.15) is 5.75 Å². The number of rotatable bonds is 9. The van der Waals surface area contributed by atoms with Gasteiger partial charge in [0.2, 0.25) is 10.0 Å². The quantitative estimate of drug-likeness (QED) is 0.291. The highest BCUT2D eigenvalue weighted by Crippen LogP contribution is 2.30. The van der Waals surface area contributed by atoms with Crippen molar-refractivity contribution in [3.63, 3.8) is 0 Å². The monoisotopic (exact) mass is 735 g/mol. The second-order valence-electron chi connectivity index (χ2n) is 12.7. The van der Waals surface area contributed by atoms with Gasteiger partial charge in [0.25, 0.3) is 15.9 Å². The second kappa shape index (κ2) is 16.7. The number of carbonyl (C=O) groups is 1. The van der Waals surface area contributed by atoms with Crippen LogP contribution in [0.25, 0.3) is 0 Å². The van der Waals surface area contributed by atoms with Gasteiger partial charge >= 0.3 is 0 Å². The van der Waals surface area contributed by atoms with E-state index < -0.39 is 38.1 Å². The van der Waals surface area contributed by atoms with Gasteiger partial charge < -0.3 is 19.5 Å². The fourth-order valence-corrected chi connectivity index (χ4v) is 7.88. The summed E-state index contributed by atoms with van der Waals surface area (Å²) in [6.07, 6.45) is 1.26. The molecule has 1 heterocycles. The molecule has 268 valence electrons. The first-order chi connectivity index (χ1) is 23.1. The maximum Gasteiger partial charge on any atom is 0.261 e. The molecule has 11 nitrogen and oxygen atoms in total. The van der Waals surface area contributed by atoms with Gasteiger partial charge in [-0.25, -0.2) is 16.8 Å². The summed E-state index contributed by atoms with van der Waals surface area (Å²) in [6, 6.07) is 16.2. The number of fused-ring (bicyclic) bond motifs is 1. The lowest BCUT2D eigenvalue weighted by molar-refractivity contribution is -0.00833. The predicted molar refractivity (Wildman–Crippen MR) is 190 cm³/mol. The van der Waals surface area contributed by atoms with E-state index in [0.717, 1.165) is 12.0 Å². The molecule has 0 aromatic heterocycles. The van der Waals surface area contributed by atoms with Gasteiger partial charge in [-0.3, -0.25) is 9.52 Å². The summed E-state index contributed by atoms with van der Waals surface area (Å²) in [7, 11) is -6.32. The highest BCUT2D eigenvalue weighted by atomic mass is 35.5. The zero-order chi connectivity index (χ0) is 35.9. The topological polar surface area (TPSA) is 143 Å². The number of halogens is 1. The van der Waals surface area contributed by atoms with Crippen LogP contribution in [0.1, 0.15) is 56.0 Å². The number of hydrogen-bond acceptors (Lipinski definition) is 8. The third-order valence-corrected chi connectivity index (χ3v) is 12.1. The van der Waals surface area contributed by atoms with Crippen LogP contribution in [0.4, 0.5) is 5.69 Å². The summed E-state index contributed by atoms with van der Waals surface area (Å²) in [5, 5.41) is 10.6. The number of amides is 1. The molecular formula is C35H46ClN3O8S2. The number of carbonyl (C=O) groups excluding carboxylic acids is 1. The van der Waals surface area contributed by atoms with Crippen molar-refractivity contribution in [2.24, 2.45) is 5.92 Å². The molecule has 1 aliphatic heterocycles. The number of aliphatic hydroxyl groups excluding tert-OH is 1. The molecule has 0 radical (unpaired) electrons. The first kappa shape index (κ1) is 38.6. The Morgan fingerprint density at radius 3 is 2.31 bits per heavy atom. The Hall–Kier alpha value is -3.20. The smallest absolute Gasteiger partial charge is 0.261 e. The number of benzene rings is 3. The van der Waals surface area contributed by atoms with E-state index in [0.29, 0.717) is 24.5 Å². The second-order valence-corrected chi connectivity index (χ2v) is 16.8. The molecule has 49 heavy (non-hydrogen) atoms. The fraction of sp³-hybridized carbons (Fsp3) is 0.457. The van der Waals surface area contributed by atoms with Crippen LogP contribution < -0.4 is 9.46 Å². The lowest BCUT2D eigenvalue weighted by Gasteiger charge is -2.35. The van der Waals surface area contributed by atoms with Crippen molar-refractivity contribution >= 4 is 43.2 Å². The first-order valence-electron chi connectivity index (χ1n) is 16.3. The third kappa shape index (κ3) is 9.95. The minimum absolute atomic E-state index is 0.00191. The molecule has 0 spiro atoms. The van der Waals surface area contributed by atoms with E-state index in [1.54, 1.807) is 37.3 Å². The summed E-state index contributed by atoms with van der Waals surface area (Å²) in [5.41, 5.74) is 1.21. The Kier molecular flexibility index (Phi) is 13.1. The number of sulfonamides is 2. The van der Waals surface area contributed by atoms with E-state index in [4.69, 9.17) is 21.1 Å². The van der Waals surface area contributed by atoms with Gasteiger partial charge in [0, 0.05) is 43.4 Å². The third-order valence-electron chi connectivity index (χ3n) is 8.59. The Bertz CT molecular complexity index is 1790. The van der Waals surface area contributed by atoms with Crippen molar-refractivity contribution in [2.75, 3.05) is 38.1 Å². The van der Waals surface area contributed by atoms with Crippen LogP contribution in [-0.4, -0.2) is 88.7 Å². The van der Waals surface area contributed by atoms with Gasteiger partial charge in [-0.2, -0.15) is 4.31 Å². The Balaban J connectivity index is 1.67. The van der Waals surface area contributed by atoms with Crippen molar-refractivity contribution in [3.8, 4) is 5.75 Å². The number of aliphatic hydroxyl groups is 1. The Morgan fingerprint density at radius 1 is 1.00 bits per heavy atom. The SMILES string of the molecule is Cc1ccc(S(=O)(=O)N(C)C[C@@H]2OCCCC[C@H](C)Oc3ccc(NS(=O)(=O)c4ccc(Cl)cc4)cc3C(=O)N([C@H](C)CO)C[C@@H]2C)cc1. The summed E-state index contributed by atoms with van der Waals surface area (Å²) >= 11 is 5.94. The molecule has 0 saturated carbocycles. The molecule has 0 bridgehead atoms. The molecule has 0 unspecified atom stereocenters. The summed E-state index contributed by atoms with van der Waals surface area (Å²) < 4.78 is 69.6. The molecule has 1 amide bonds. The highest BCUT2D eigenvalue weighted by Gasteiger charge is 2.32. The summed E-state index contributed by atoms with van der Waals surface area (Å²) in [5.74, 6) is -0.574. The number of ether oxygens (including phenoxy) is 2. The number of aryl methyl sites for hydroxylation is 1. The lowest BCUT2D eigenvalue weighted by atomic mass is 10.0. The molecule has 3 aromatic carbocycles. The largest absolute Gasteiger partial charge is 0.490 e. The van der Waals surface area contributed by atoms with E-state index in [1.807, 2.05) is 20.8 Å². The van der Waals surface area contributed by atoms with E-state index in [1.165, 1.54) is 52.7 Å². The van der Waals surface area contributed by atoms with Crippen molar-refractivity contribution in [1.82, 2.24) is 9.21 Å². The molecule has 0 aliphatic carbocycles. The van der Waals surface area contributed by atoms with Gasteiger partial charge in [0.05, 0.1) is 40.2 Å². The highest BCUT2D eigenvalue weighted by molar-refractivity contribution is 7.92. The van der Waals surface area contributed by atoms with Crippen LogP contribution >= 0.6 is 11.6 Å². The number of nitrogens with zero attached hydrogens (tertiary/aromatic N) is 2. The molecular weight excluding hydrogens is 690 g/mol. The normalized spacial score (nSPS) is 20.6. The number of hydrogen-bond donors (Lipinski definition) is 2. The zero-order valence-electron chi connectivity index (χ0n) is 28.5. The van der Waals surface area contributed by atoms with Crippen LogP contribution in [0.2, 0.25) is 5.02 Å². The number of nitrogens with one attached hydrogen (secondary N) is 1. The van der Waals surface area contributed by atoms with Crippen LogP contribution in [0.5, 0.6) is 5.75 Å². The van der Waals surface area contributed by atoms with Crippen LogP contribution in [-0.2, 0) is 24.8 Å². The van der Waals surface area contributed by atoms with Crippen molar-refractivity contribution in [2.45, 2.75) is 75.0 Å². The molecule has 0 fully saturated rings. The van der Waals surface area contributed by atoms with E-state index in [9.17, 15) is 26.7 Å². The van der Waals surface area contributed by atoms with Crippen LogP contribution in [0.3, 0.4) is 0 Å². The molecule has 14 heteroatoms. The molecule has 3 aromatic rings. The maximum atomic E-state index is 14.4. The number of anilines is 1. The fourth-order valence-electron chi connectivity index (χ4n) is 5.52. The predicted octanol–water partition coefficient (Wildman–Crippen LogP) is 5.57. The van der Waals surface area contributed by atoms with Gasteiger partial charge in [-0.15, -0.1) is 0 Å². The Morgan fingerprint density at radius 2 is 1.65 bits per heavy atom. The minimum Gasteiger partial charge on any atom is -0.490 e. The Labute approximate surface area is 295 Å². The van der Waals surface area contributed by atoms with E-state index in [2.05, 4.69) is 4.72 Å². The van der Waals surface area contributed by atoms with Gasteiger partial charge in [-0.1, -0.05) is 36.2 Å². The molecule has 1 aliphatic rings. The average Bonchev–Trinajstić information content (AvgIpc) is 3.06. The van der Waals surface area contributed by atoms with Crippen molar-refractivity contribution in [1.29, 1.82) is 0 Å². The maximum absolute atomic E-state index is 14.4. The summed E-state index contributed by atoms with van der Waals surface area (Å²) in [4.78, 5) is 16.0. The molecule has 4 atom stereocenters. The van der Waals surface area contributed by atoms with Gasteiger partial charge in [-0.05, 0) is 94.6 Å². The van der Waals surface area contributed by atoms with Crippen molar-refractivity contribution < 1.29 is 36.2 Å². The molecule has 0 saturated heterocycles. The average molecular weight is 736 g/mol. The zero-order valence-corrected chi connectivity index (χ0v) is 30.9. The number of likely N-dealkylation sites (N-methyl/N-ethyl adjacent to an activating group) is 1. The summed E-state index contributed by atoms with van der Waals surface area (Å²) in [6.45, 7) is 7.55. The lowest BCUT2D eigenvalue weighted by Crippen LogP contribution is -2.48. The van der Waals surface area contributed by atoms with E-state index in [-0.39, 0.29) is 58.5 Å². The van der Waals surface area contributed by atoms with Crippen LogP contribution in [0.15, 0.2) is 76.5 Å². The van der Waals surface area contributed by atoms with Gasteiger partial charge in [0.15, 0.2) is 0 Å². The molecule has 4 rings (SSSR count). The van der Waals surface area contributed by atoms with E-state index >= 15 is 0 Å². The minimum atomic E-state index is -4.01. The molecule has 2 N–H and O–H groups in total. The van der Waals surface area contributed by atoms with Crippen molar-refractivity contribution in [3.05, 3.63) is 82.9 Å². The van der Waals surface area contributed by atoms with Crippen LogP contribution in [0, 0.1) is 12.8 Å².